The van der Waals surface area contributed by atoms with E-state index in [2.05, 4.69) is 312 Å². The van der Waals surface area contributed by atoms with Gasteiger partial charge in [-0.25, -0.2) is 34.9 Å². The highest BCUT2D eigenvalue weighted by Gasteiger charge is 2.15. The van der Waals surface area contributed by atoms with Crippen LogP contribution in [0.5, 0.6) is 0 Å². The monoisotopic (exact) mass is 2000 g/mol. The molecule has 8 aromatic carbocycles. The predicted molar refractivity (Wildman–Crippen MR) is 623 cm³/mol. The van der Waals surface area contributed by atoms with Crippen LogP contribution in [0, 0.1) is 90.0 Å². The average Bonchev–Trinajstić information content (AvgIpc) is 1.69. The minimum Gasteiger partial charge on any atom is -0.461 e. The van der Waals surface area contributed by atoms with E-state index in [0.29, 0.717) is 40.5 Å². The first-order chi connectivity index (χ1) is 70.9. The molecule has 0 atom stereocenters. The fraction of sp³-hybridized carbons (Fsp3) is 0.185. The van der Waals surface area contributed by atoms with Crippen molar-refractivity contribution < 1.29 is 8.83 Å². The molecule has 19 heterocycles. The van der Waals surface area contributed by atoms with Gasteiger partial charge in [-0.05, 0) is 310 Å². The van der Waals surface area contributed by atoms with Crippen molar-refractivity contribution in [2.75, 3.05) is 63.9 Å². The van der Waals surface area contributed by atoms with E-state index in [1.54, 1.807) is 65.9 Å². The summed E-state index contributed by atoms with van der Waals surface area (Å²) in [5.74, 6) is 5.90. The summed E-state index contributed by atoms with van der Waals surface area (Å²) in [6.45, 7) is 32.5. The van der Waals surface area contributed by atoms with Gasteiger partial charge in [-0.3, -0.25) is 10.1 Å². The lowest BCUT2D eigenvalue weighted by Gasteiger charge is -2.01. The van der Waals surface area contributed by atoms with Gasteiger partial charge in [-0.15, -0.1) is 22.7 Å². The number of H-pyrrole nitrogens is 5. The third-order valence-corrected chi connectivity index (χ3v) is 26.2. The van der Waals surface area contributed by atoms with Crippen molar-refractivity contribution >= 4 is 189 Å². The van der Waals surface area contributed by atoms with E-state index in [-0.39, 0.29) is 7.43 Å². The molecule has 0 spiro atoms. The molecule has 0 amide bonds. The average molecular weight is 2010 g/mol. The lowest BCUT2D eigenvalue weighted by atomic mass is 10.1. The van der Waals surface area contributed by atoms with Crippen LogP contribution in [0.2, 0.25) is 0 Å². The summed E-state index contributed by atoms with van der Waals surface area (Å²) in [5, 5.41) is 30.3. The SMILES string of the molecule is C.CC1=Cc2cccc(N)c2C1.Cc1cc2c(N)nccc2[nH]1.Cc1cc2c(N)nccc2o1.Cc1cc2c(N)nccc2s1.Cc1cc2ccnc(N)c2o1.Cc1cc2ccnc(N)c2s1.Cc1ccc2[nH]ccc2c1.Cc1ccc2[nH]ncc2c1.Cc1ccc2c(c1)CCN2.Cc1ccc2c(c1)CN=C2.Cc1ccc2c(c1)CN=N2.Cc1ccc2c(c1)NCC2.Cc1ccc2cc[nH]c2c1.Cc1nc2c(N)nccc2[nH]1. The number of rotatable bonds is 0. The number of hydrogen-bond donors (Lipinski definition) is 14. The van der Waals surface area contributed by atoms with E-state index in [0.717, 1.165) is 121 Å². The number of aryl methyl sites for hydroxylation is 13. The lowest BCUT2D eigenvalue weighted by Crippen LogP contribution is -1.92. The number of imidazole rings is 1. The van der Waals surface area contributed by atoms with Crippen molar-refractivity contribution in [3.8, 4) is 0 Å². The molecule has 27 nitrogen and oxygen atoms in total. The molecule has 28 rings (SSSR count). The maximum Gasteiger partial charge on any atom is 0.176 e. The summed E-state index contributed by atoms with van der Waals surface area (Å²) in [4.78, 5) is 47.2. The second kappa shape index (κ2) is 50.1. The van der Waals surface area contributed by atoms with E-state index < -0.39 is 0 Å². The van der Waals surface area contributed by atoms with E-state index in [4.69, 9.17) is 49.0 Å². The predicted octanol–water partition coefficient (Wildman–Crippen LogP) is 28.2. The number of benzene rings is 8. The van der Waals surface area contributed by atoms with E-state index in [1.807, 2.05) is 125 Å². The van der Waals surface area contributed by atoms with Crippen LogP contribution in [0.4, 0.5) is 57.7 Å². The molecule has 15 aromatic heterocycles. The number of pyridine rings is 6. The highest BCUT2D eigenvalue weighted by atomic mass is 32.1. The van der Waals surface area contributed by atoms with Gasteiger partial charge in [0, 0.05) is 144 Å². The van der Waals surface area contributed by atoms with E-state index >= 15 is 0 Å². The summed E-state index contributed by atoms with van der Waals surface area (Å²) >= 11 is 3.44. The van der Waals surface area contributed by atoms with Gasteiger partial charge in [0.25, 0.3) is 0 Å². The number of allylic oxidation sites excluding steroid dienone is 1. The third-order valence-electron chi connectivity index (χ3n) is 24.1. The molecule has 4 aliphatic heterocycles. The maximum absolute atomic E-state index is 5.80. The standard InChI is InChI=1S/C10H11N.C9H9N.C9H11N.C9H9N.C9H11N.C9H9N.C8H9N3.2C8H8N2O.2C8H8N2S.2C8H8N2.C7H8N4.CH4/c1-7-5-8-3-2-4-10(11)9(8)6-7;1-7-2-3-8-5-10-6-9(8)4-7;2*1-7-2-3-9-8(6-7)4-5-10-9;2*1-7-2-3-8-4-5-10-9(8)6-7;2*1-5-4-6-7(11-5)2-3-10-8(6)9;1-5-4-6-2-3-10-8(9)7(6)11-5;1-5-4-6-7(11-5)2-3-10-8(6)9;1-5-4-6-2-3-10-8(9)7(6)11-5;2*1-6-2-3-8-7(4-6)5-9-10-8;1-4-10-5-2-3-9-7(8)6(5)11-4;/h2-5H,6,11H2,1H3;2-5H,6H2,1H3;2-3,6,10H,4-5H2,1H3;2-6,10H,1H3;2-3,6,10H,4-5H2,1H3;2-6,10H,1H3;2-4,11H,1H3,(H2,9,10);4*2-4H,1H3,(H2,9,10);2-4H,5H2,1H3;2-5H,1H3,(H,9,10);2-3H,1H3,(H2,8,9)(H,10,11);1H4. The Kier molecular flexibility index (Phi) is 36.0. The zero-order valence-corrected chi connectivity index (χ0v) is 86.9. The Morgan fingerprint density at radius 1 is 0.385 bits per heavy atom. The van der Waals surface area contributed by atoms with Gasteiger partial charge in [-0.1, -0.05) is 138 Å². The van der Waals surface area contributed by atoms with Gasteiger partial charge in [0.1, 0.15) is 51.7 Å². The van der Waals surface area contributed by atoms with Crippen LogP contribution in [0.3, 0.4) is 0 Å². The number of nitrogen functional groups attached to an aromatic ring is 7. The van der Waals surface area contributed by atoms with Gasteiger partial charge in [0.05, 0.1) is 51.6 Å². The van der Waals surface area contributed by atoms with Crippen molar-refractivity contribution in [3.63, 3.8) is 0 Å². The van der Waals surface area contributed by atoms with E-state index in [1.165, 1.54) is 155 Å². The van der Waals surface area contributed by atoms with Crippen LogP contribution >= 0.6 is 22.7 Å². The number of hydrogen-bond acceptors (Lipinski definition) is 24. The Balaban J connectivity index is 0.000000126. The molecule has 0 fully saturated rings. The number of anilines is 9. The number of aromatic nitrogens is 13. The van der Waals surface area contributed by atoms with Crippen molar-refractivity contribution in [3.05, 3.63) is 396 Å². The van der Waals surface area contributed by atoms with Crippen LogP contribution in [-0.2, 0) is 32.4 Å². The Labute approximate surface area is 869 Å². The largest absolute Gasteiger partial charge is 0.461 e. The van der Waals surface area contributed by atoms with Crippen molar-refractivity contribution in [2.45, 2.75) is 137 Å². The number of nitrogens with zero attached hydrogens (tertiary/aromatic N) is 11. The molecule has 21 N–H and O–H groups in total. The summed E-state index contributed by atoms with van der Waals surface area (Å²) in [6.07, 6.45) is 23.5. The quantitative estimate of drug-likeness (QED) is 0.0627. The molecule has 0 saturated carbocycles. The molecule has 0 unspecified atom stereocenters. The molecular weight excluding hydrogens is 1880 g/mol. The van der Waals surface area contributed by atoms with Gasteiger partial charge in [0.15, 0.2) is 17.2 Å². The molecule has 0 bridgehead atoms. The lowest BCUT2D eigenvalue weighted by molar-refractivity contribution is 0.578. The number of aromatic amines is 5. The Morgan fingerprint density at radius 2 is 0.980 bits per heavy atom. The second-order valence-electron chi connectivity index (χ2n) is 36.5. The molecule has 754 valence electrons. The van der Waals surface area contributed by atoms with Crippen molar-refractivity contribution in [1.82, 2.24) is 65.0 Å². The van der Waals surface area contributed by atoms with Crippen LogP contribution in [0.25, 0.3) is 103 Å². The van der Waals surface area contributed by atoms with Crippen molar-refractivity contribution in [1.29, 1.82) is 0 Å². The minimum atomic E-state index is 0. The highest BCUT2D eigenvalue weighted by Crippen LogP contribution is 2.34. The number of furan rings is 2. The molecular formula is C119H129N25O2S2. The maximum atomic E-state index is 5.80. The molecule has 0 radical (unpaired) electrons. The smallest absolute Gasteiger partial charge is 0.176 e. The van der Waals surface area contributed by atoms with E-state index in [9.17, 15) is 0 Å². The number of nitrogens with two attached hydrogens (primary N) is 7. The number of aliphatic imine (C=N–C) groups is 1. The normalized spacial score (nSPS) is 11.8. The Morgan fingerprint density at radius 3 is 1.72 bits per heavy atom. The first-order valence-electron chi connectivity index (χ1n) is 48.4. The molecule has 1 aliphatic carbocycles. The summed E-state index contributed by atoms with van der Waals surface area (Å²) in [7, 11) is 0. The highest BCUT2D eigenvalue weighted by molar-refractivity contribution is 7.19. The van der Waals surface area contributed by atoms with Crippen LogP contribution < -0.4 is 50.8 Å². The minimum absolute atomic E-state index is 0. The zero-order valence-electron chi connectivity index (χ0n) is 85.3. The topological polar surface area (TPSA) is 452 Å². The molecule has 29 heteroatoms. The number of nitrogens with one attached hydrogen (secondary N) is 7. The first kappa shape index (κ1) is 106. The number of azo groups is 1. The number of fused-ring (bicyclic) bond motifs is 14. The summed E-state index contributed by atoms with van der Waals surface area (Å²) in [6, 6.07) is 76.5. The fourth-order valence-corrected chi connectivity index (χ4v) is 18.7. The zero-order chi connectivity index (χ0) is 104. The van der Waals surface area contributed by atoms with Gasteiger partial charge < -0.3 is 79.5 Å². The Bertz CT molecular complexity index is 7640. The summed E-state index contributed by atoms with van der Waals surface area (Å²) in [5.41, 5.74) is 73.0. The van der Waals surface area contributed by atoms with Gasteiger partial charge in [0.2, 0.25) is 0 Å². The Hall–Kier alpha value is -17.6. The molecule has 148 heavy (non-hydrogen) atoms. The molecule has 5 aliphatic rings. The fourth-order valence-electron chi connectivity index (χ4n) is 16.9. The second-order valence-corrected chi connectivity index (χ2v) is 39.0. The molecule has 23 aromatic rings. The molecule has 0 saturated heterocycles. The van der Waals surface area contributed by atoms with Crippen LogP contribution in [0.15, 0.2) is 310 Å². The van der Waals surface area contributed by atoms with Gasteiger partial charge >= 0.3 is 0 Å². The van der Waals surface area contributed by atoms with Crippen molar-refractivity contribution in [2.24, 2.45) is 15.2 Å². The van der Waals surface area contributed by atoms with Crippen LogP contribution in [0.1, 0.15) is 125 Å². The van der Waals surface area contributed by atoms with Crippen LogP contribution in [-0.4, -0.2) is 84.3 Å². The summed E-state index contributed by atoms with van der Waals surface area (Å²) < 4.78 is 13.0. The first-order valence-corrected chi connectivity index (χ1v) is 50.0. The number of thiophene rings is 2. The van der Waals surface area contributed by atoms with Gasteiger partial charge in [-0.2, -0.15) is 15.3 Å². The third kappa shape index (κ3) is 28.7.